The highest BCUT2D eigenvalue weighted by molar-refractivity contribution is 7.80. The van der Waals surface area contributed by atoms with Gasteiger partial charge in [-0.15, -0.1) is 0 Å². The van der Waals surface area contributed by atoms with Gasteiger partial charge in [0.15, 0.2) is 16.7 Å². The highest BCUT2D eigenvalue weighted by Crippen LogP contribution is 2.22. The van der Waals surface area contributed by atoms with E-state index in [0.717, 1.165) is 12.1 Å². The smallest absolute Gasteiger partial charge is 0.170 e. The van der Waals surface area contributed by atoms with Crippen LogP contribution in [0.3, 0.4) is 0 Å². The fraction of sp³-hybridized carbons (Fsp3) is 0.133. The predicted octanol–water partition coefficient (Wildman–Crippen LogP) is 3.98. The van der Waals surface area contributed by atoms with Gasteiger partial charge in [0.05, 0.1) is 11.6 Å². The van der Waals surface area contributed by atoms with Crippen molar-refractivity contribution in [3.63, 3.8) is 0 Å². The molecule has 2 aromatic rings. The summed E-state index contributed by atoms with van der Waals surface area (Å²) in [5, 5.41) is 6.46. The van der Waals surface area contributed by atoms with Crippen LogP contribution >= 0.6 is 23.8 Å². The van der Waals surface area contributed by atoms with Gasteiger partial charge in [0.25, 0.3) is 0 Å². The number of para-hydroxylation sites is 1. The number of anilines is 1. The fourth-order valence-corrected chi connectivity index (χ4v) is 2.05. The van der Waals surface area contributed by atoms with Gasteiger partial charge in [-0.2, -0.15) is 0 Å². The van der Waals surface area contributed by atoms with Crippen LogP contribution in [-0.4, -0.2) is 18.3 Å². The van der Waals surface area contributed by atoms with Crippen molar-refractivity contribution in [3.05, 3.63) is 59.1 Å². The molecule has 7 heteroatoms. The molecule has 0 amide bonds. The van der Waals surface area contributed by atoms with E-state index >= 15 is 0 Å². The van der Waals surface area contributed by atoms with Crippen LogP contribution in [0.1, 0.15) is 0 Å². The minimum absolute atomic E-state index is 0.286. The van der Waals surface area contributed by atoms with Crippen molar-refractivity contribution in [1.29, 1.82) is 0 Å². The minimum atomic E-state index is -0.935. The number of thiocarbonyl (C=S) groups is 1. The first-order valence-corrected chi connectivity index (χ1v) is 7.22. The third-order valence-electron chi connectivity index (χ3n) is 2.66. The molecule has 0 atom stereocenters. The maximum absolute atomic E-state index is 13.1. The predicted molar refractivity (Wildman–Crippen MR) is 87.5 cm³/mol. The second kappa shape index (κ2) is 7.91. The summed E-state index contributed by atoms with van der Waals surface area (Å²) in [6, 6.07) is 10.6. The lowest BCUT2D eigenvalue weighted by molar-refractivity contribution is 0.323. The number of rotatable bonds is 5. The van der Waals surface area contributed by atoms with Crippen LogP contribution in [0, 0.1) is 11.6 Å². The summed E-state index contributed by atoms with van der Waals surface area (Å²) >= 11 is 11.0. The second-order valence-electron chi connectivity index (χ2n) is 4.29. The Hall–Kier alpha value is -1.92. The Morgan fingerprint density at radius 1 is 1.14 bits per heavy atom. The average molecular weight is 343 g/mol. The topological polar surface area (TPSA) is 33.3 Å². The number of ether oxygens (including phenoxy) is 1. The first-order chi connectivity index (χ1) is 10.6. The van der Waals surface area contributed by atoms with E-state index < -0.39 is 11.6 Å². The summed E-state index contributed by atoms with van der Waals surface area (Å²) < 4.78 is 31.3. The maximum atomic E-state index is 13.1. The Balaban J connectivity index is 1.74. The molecular weight excluding hydrogens is 330 g/mol. The SMILES string of the molecule is Fc1ccc(NC(=S)NCCOc2ccccc2Cl)cc1F. The summed E-state index contributed by atoms with van der Waals surface area (Å²) in [6.07, 6.45) is 0. The van der Waals surface area contributed by atoms with E-state index in [1.165, 1.54) is 6.07 Å². The lowest BCUT2D eigenvalue weighted by Crippen LogP contribution is -2.32. The van der Waals surface area contributed by atoms with E-state index in [2.05, 4.69) is 10.6 Å². The van der Waals surface area contributed by atoms with Crippen LogP contribution in [0.15, 0.2) is 42.5 Å². The van der Waals surface area contributed by atoms with Gasteiger partial charge in [-0.25, -0.2) is 8.78 Å². The zero-order valence-electron chi connectivity index (χ0n) is 11.4. The van der Waals surface area contributed by atoms with Gasteiger partial charge in [-0.3, -0.25) is 0 Å². The molecule has 0 aromatic heterocycles. The molecule has 0 fully saturated rings. The van der Waals surface area contributed by atoms with Crippen molar-refractivity contribution < 1.29 is 13.5 Å². The molecule has 116 valence electrons. The molecule has 0 aliphatic rings. The minimum Gasteiger partial charge on any atom is -0.490 e. The highest BCUT2D eigenvalue weighted by atomic mass is 35.5. The maximum Gasteiger partial charge on any atom is 0.170 e. The first-order valence-electron chi connectivity index (χ1n) is 6.43. The van der Waals surface area contributed by atoms with E-state index in [1.54, 1.807) is 12.1 Å². The Labute approximate surface area is 137 Å². The third-order valence-corrected chi connectivity index (χ3v) is 3.22. The number of hydrogen-bond acceptors (Lipinski definition) is 2. The van der Waals surface area contributed by atoms with Gasteiger partial charge in [-0.1, -0.05) is 23.7 Å². The van der Waals surface area contributed by atoms with Gasteiger partial charge in [0.2, 0.25) is 0 Å². The summed E-state index contributed by atoms with van der Waals surface area (Å²) in [7, 11) is 0. The van der Waals surface area contributed by atoms with Crippen LogP contribution in [0.2, 0.25) is 5.02 Å². The summed E-state index contributed by atoms with van der Waals surface area (Å²) in [5.41, 5.74) is 0.364. The van der Waals surface area contributed by atoms with E-state index in [0.29, 0.717) is 29.6 Å². The lowest BCUT2D eigenvalue weighted by Gasteiger charge is -2.12. The van der Waals surface area contributed by atoms with E-state index in [-0.39, 0.29) is 5.11 Å². The largest absolute Gasteiger partial charge is 0.490 e. The zero-order chi connectivity index (χ0) is 15.9. The monoisotopic (exact) mass is 342 g/mol. The molecule has 22 heavy (non-hydrogen) atoms. The van der Waals surface area contributed by atoms with Gasteiger partial charge in [0.1, 0.15) is 12.4 Å². The van der Waals surface area contributed by atoms with Crippen molar-refractivity contribution in [2.24, 2.45) is 0 Å². The fourth-order valence-electron chi connectivity index (χ4n) is 1.64. The molecule has 0 radical (unpaired) electrons. The zero-order valence-corrected chi connectivity index (χ0v) is 13.0. The van der Waals surface area contributed by atoms with E-state index in [9.17, 15) is 8.78 Å². The van der Waals surface area contributed by atoms with Gasteiger partial charge >= 0.3 is 0 Å². The lowest BCUT2D eigenvalue weighted by atomic mass is 10.3. The molecule has 0 heterocycles. The molecule has 0 unspecified atom stereocenters. The Morgan fingerprint density at radius 3 is 2.64 bits per heavy atom. The molecule has 0 aliphatic heterocycles. The normalized spacial score (nSPS) is 10.1. The van der Waals surface area contributed by atoms with Crippen molar-refractivity contribution in [1.82, 2.24) is 5.32 Å². The van der Waals surface area contributed by atoms with Gasteiger partial charge in [0, 0.05) is 11.8 Å². The average Bonchev–Trinajstić information content (AvgIpc) is 2.49. The molecular formula is C15H13ClF2N2OS. The molecule has 2 rings (SSSR count). The van der Waals surface area contributed by atoms with Crippen LogP contribution in [0.5, 0.6) is 5.75 Å². The van der Waals surface area contributed by atoms with Crippen molar-refractivity contribution >= 4 is 34.6 Å². The van der Waals surface area contributed by atoms with Crippen LogP contribution in [-0.2, 0) is 0 Å². The molecule has 0 saturated heterocycles. The number of hydrogen-bond donors (Lipinski definition) is 2. The van der Waals surface area contributed by atoms with Crippen molar-refractivity contribution in [2.45, 2.75) is 0 Å². The number of benzene rings is 2. The van der Waals surface area contributed by atoms with Gasteiger partial charge < -0.3 is 15.4 Å². The Morgan fingerprint density at radius 2 is 1.91 bits per heavy atom. The molecule has 0 spiro atoms. The standard InChI is InChI=1S/C15H13ClF2N2OS/c16-11-3-1-2-4-14(11)21-8-7-19-15(22)20-10-5-6-12(17)13(18)9-10/h1-6,9H,7-8H2,(H2,19,20,22). The molecule has 2 N–H and O–H groups in total. The van der Waals surface area contributed by atoms with Crippen LogP contribution in [0.25, 0.3) is 0 Å². The second-order valence-corrected chi connectivity index (χ2v) is 5.10. The molecule has 0 aliphatic carbocycles. The summed E-state index contributed by atoms with van der Waals surface area (Å²) in [5.74, 6) is -1.25. The van der Waals surface area contributed by atoms with Crippen LogP contribution in [0.4, 0.5) is 14.5 Å². The number of halogens is 3. The molecule has 0 saturated carbocycles. The first kappa shape index (κ1) is 16.5. The molecule has 2 aromatic carbocycles. The quantitative estimate of drug-likeness (QED) is 0.636. The van der Waals surface area contributed by atoms with Crippen LogP contribution < -0.4 is 15.4 Å². The van der Waals surface area contributed by atoms with Crippen molar-refractivity contribution in [2.75, 3.05) is 18.5 Å². The summed E-state index contributed by atoms with van der Waals surface area (Å²) in [4.78, 5) is 0. The Bertz CT molecular complexity index is 670. The van der Waals surface area contributed by atoms with E-state index in [4.69, 9.17) is 28.6 Å². The molecule has 3 nitrogen and oxygen atoms in total. The van der Waals surface area contributed by atoms with Gasteiger partial charge in [-0.05, 0) is 36.5 Å². The molecule has 0 bridgehead atoms. The van der Waals surface area contributed by atoms with E-state index in [1.807, 2.05) is 12.1 Å². The highest BCUT2D eigenvalue weighted by Gasteiger charge is 2.04. The van der Waals surface area contributed by atoms with Crippen molar-refractivity contribution in [3.8, 4) is 5.75 Å². The number of nitrogens with one attached hydrogen (secondary N) is 2. The Kier molecular flexibility index (Phi) is 5.91. The third kappa shape index (κ3) is 4.82. The summed E-state index contributed by atoms with van der Waals surface area (Å²) in [6.45, 7) is 0.782.